The second kappa shape index (κ2) is 5.89. The van der Waals surface area contributed by atoms with E-state index >= 15 is 0 Å². The molecule has 16 heavy (non-hydrogen) atoms. The summed E-state index contributed by atoms with van der Waals surface area (Å²) in [5.41, 5.74) is 1.40. The van der Waals surface area contributed by atoms with Gasteiger partial charge in [-0.3, -0.25) is 0 Å². The van der Waals surface area contributed by atoms with Crippen LogP contribution in [0.25, 0.3) is 0 Å². The van der Waals surface area contributed by atoms with E-state index in [0.29, 0.717) is 0 Å². The summed E-state index contributed by atoms with van der Waals surface area (Å²) in [6.07, 6.45) is 0. The maximum atomic E-state index is 5.14. The van der Waals surface area contributed by atoms with Gasteiger partial charge in [0.25, 0.3) is 0 Å². The van der Waals surface area contributed by atoms with Crippen LogP contribution in [-0.2, 0) is 4.43 Å². The van der Waals surface area contributed by atoms with Crippen molar-refractivity contribution in [1.29, 1.82) is 0 Å². The Morgan fingerprint density at radius 1 is 0.938 bits per heavy atom. The van der Waals surface area contributed by atoms with Gasteiger partial charge in [-0.2, -0.15) is 0 Å². The van der Waals surface area contributed by atoms with Gasteiger partial charge in [-0.1, -0.05) is 0 Å². The molecule has 0 saturated heterocycles. The fraction of sp³-hybridized carbons (Fsp3) is 0.143. The first kappa shape index (κ1) is 11.5. The minimum absolute atomic E-state index is 0.0929. The summed E-state index contributed by atoms with van der Waals surface area (Å²) in [5.74, 6) is 0.932. The molecule has 0 aliphatic heterocycles. The van der Waals surface area contributed by atoms with Crippen molar-refractivity contribution in [3.8, 4) is 5.75 Å². The minimum atomic E-state index is 0.0929. The van der Waals surface area contributed by atoms with E-state index in [2.05, 4.69) is 42.5 Å². The maximum absolute atomic E-state index is 5.14. The number of benzene rings is 2. The van der Waals surface area contributed by atoms with Gasteiger partial charge in [0.2, 0.25) is 0 Å². The molecule has 0 radical (unpaired) electrons. The fourth-order valence-electron chi connectivity index (χ4n) is 1.37. The second-order valence-electron chi connectivity index (χ2n) is 3.41. The zero-order valence-corrected chi connectivity index (χ0v) is 11.3. The number of hydrogen-bond acceptors (Lipinski definition) is 1. The molecule has 0 N–H and O–H groups in total. The van der Waals surface area contributed by atoms with Crippen LogP contribution in [0.4, 0.5) is 0 Å². The van der Waals surface area contributed by atoms with Crippen LogP contribution in [0, 0.1) is 3.57 Å². The molecule has 0 heterocycles. The van der Waals surface area contributed by atoms with Gasteiger partial charge >= 0.3 is 107 Å². The van der Waals surface area contributed by atoms with Crippen LogP contribution in [0.5, 0.6) is 5.75 Å². The van der Waals surface area contributed by atoms with Crippen LogP contribution in [0.2, 0.25) is 0 Å². The van der Waals surface area contributed by atoms with Gasteiger partial charge < -0.3 is 0 Å². The third kappa shape index (κ3) is 3.23. The van der Waals surface area contributed by atoms with Crippen LogP contribution in [0.1, 0.15) is 5.56 Å². The first-order valence-electron chi connectivity index (χ1n) is 5.15. The van der Waals surface area contributed by atoms with Gasteiger partial charge in [-0.05, 0) is 0 Å². The van der Waals surface area contributed by atoms with Gasteiger partial charge in [0, 0.05) is 0 Å². The van der Waals surface area contributed by atoms with E-state index in [1.807, 2.05) is 12.1 Å². The van der Waals surface area contributed by atoms with Crippen LogP contribution in [-0.4, -0.2) is 7.11 Å². The quantitative estimate of drug-likeness (QED) is 0.575. The zero-order valence-electron chi connectivity index (χ0n) is 9.19. The summed E-state index contributed by atoms with van der Waals surface area (Å²) < 4.78 is 7.83. The molecule has 0 bridgehead atoms. The summed E-state index contributed by atoms with van der Waals surface area (Å²) >= 11 is 0.0929. The molecule has 0 spiro atoms. The van der Waals surface area contributed by atoms with Crippen LogP contribution in [0.15, 0.2) is 54.6 Å². The van der Waals surface area contributed by atoms with Crippen molar-refractivity contribution in [2.75, 3.05) is 7.11 Å². The molecule has 0 saturated carbocycles. The van der Waals surface area contributed by atoms with Gasteiger partial charge in [0.1, 0.15) is 0 Å². The van der Waals surface area contributed by atoms with Crippen molar-refractivity contribution < 1.29 is 25.9 Å². The Morgan fingerprint density at radius 3 is 2.25 bits per heavy atom. The average molecular weight is 325 g/mol. The van der Waals surface area contributed by atoms with Crippen molar-refractivity contribution in [2.45, 2.75) is 4.43 Å². The molecule has 0 atom stereocenters. The van der Waals surface area contributed by atoms with Gasteiger partial charge in [-0.25, -0.2) is 0 Å². The number of hydrogen-bond donors (Lipinski definition) is 0. The number of alkyl halides is 1. The van der Waals surface area contributed by atoms with Crippen LogP contribution < -0.4 is 25.9 Å². The molecule has 0 unspecified atom stereocenters. The molecule has 2 aromatic carbocycles. The second-order valence-corrected chi connectivity index (χ2v) is 6.18. The molecule has 1 nitrogen and oxygen atoms in total. The van der Waals surface area contributed by atoms with Gasteiger partial charge in [0.15, 0.2) is 0 Å². The average Bonchev–Trinajstić information content (AvgIpc) is 2.38. The number of ether oxygens (including phenoxy) is 1. The molecule has 2 rings (SSSR count). The fourth-order valence-corrected chi connectivity index (χ4v) is 3.69. The van der Waals surface area contributed by atoms with Crippen molar-refractivity contribution >= 4 is 0 Å². The Bertz CT molecular complexity index is 422. The Labute approximate surface area is 107 Å². The molecule has 0 aliphatic rings. The number of rotatable bonds is 4. The first-order valence-corrected chi connectivity index (χ1v) is 7.76. The SMILES string of the molecule is COc1ccc(C[I-]c2ccccc2)cc1. The third-order valence-electron chi connectivity index (χ3n) is 2.27. The van der Waals surface area contributed by atoms with E-state index in [1.54, 1.807) is 7.11 Å². The number of halogens is 1. The van der Waals surface area contributed by atoms with Crippen LogP contribution in [0.3, 0.4) is 0 Å². The van der Waals surface area contributed by atoms with Gasteiger partial charge in [-0.15, -0.1) is 0 Å². The predicted molar refractivity (Wildman–Crippen MR) is 61.8 cm³/mol. The van der Waals surface area contributed by atoms with Crippen LogP contribution >= 0.6 is 0 Å². The molecule has 0 aliphatic carbocycles. The van der Waals surface area contributed by atoms with Crippen molar-refractivity contribution in [1.82, 2.24) is 0 Å². The summed E-state index contributed by atoms with van der Waals surface area (Å²) in [5, 5.41) is 0. The van der Waals surface area contributed by atoms with E-state index in [9.17, 15) is 0 Å². The molecule has 0 fully saturated rings. The van der Waals surface area contributed by atoms with Crippen molar-refractivity contribution in [2.24, 2.45) is 0 Å². The Balaban J connectivity index is 1.94. The summed E-state index contributed by atoms with van der Waals surface area (Å²) in [6, 6.07) is 19.1. The summed E-state index contributed by atoms with van der Waals surface area (Å²) in [6.45, 7) is 0. The molecule has 84 valence electrons. The first-order chi connectivity index (χ1) is 7.88. The van der Waals surface area contributed by atoms with Gasteiger partial charge in [0.05, 0.1) is 0 Å². The Hall–Kier alpha value is -1.03. The molecule has 2 heteroatoms. The summed E-state index contributed by atoms with van der Waals surface area (Å²) in [7, 11) is 1.70. The Morgan fingerprint density at radius 2 is 1.62 bits per heavy atom. The Kier molecular flexibility index (Phi) is 4.22. The third-order valence-corrected chi connectivity index (χ3v) is 5.13. The molecule has 0 amide bonds. The van der Waals surface area contributed by atoms with E-state index in [-0.39, 0.29) is 21.2 Å². The molecular weight excluding hydrogens is 311 g/mol. The molecule has 0 aromatic heterocycles. The zero-order chi connectivity index (χ0) is 11.2. The van der Waals surface area contributed by atoms with E-state index in [1.165, 1.54) is 13.6 Å². The van der Waals surface area contributed by atoms with E-state index in [0.717, 1.165) is 5.75 Å². The predicted octanol–water partition coefficient (Wildman–Crippen LogP) is 0.154. The molecular formula is C14H14IO-. The van der Waals surface area contributed by atoms with Crippen molar-refractivity contribution in [3.63, 3.8) is 0 Å². The van der Waals surface area contributed by atoms with E-state index in [4.69, 9.17) is 4.74 Å². The van der Waals surface area contributed by atoms with E-state index < -0.39 is 0 Å². The summed E-state index contributed by atoms with van der Waals surface area (Å²) in [4.78, 5) is 0. The monoisotopic (exact) mass is 325 g/mol. The number of methoxy groups -OCH3 is 1. The molecule has 2 aromatic rings. The standard InChI is InChI=1S/C14H14IO/c1-16-14-9-7-12(8-10-14)11-15-13-5-3-2-4-6-13/h2-10H,11H2,1H3/q-1. The van der Waals surface area contributed by atoms with Crippen molar-refractivity contribution in [3.05, 3.63) is 63.7 Å². The normalized spacial score (nSPS) is 10.3. The topological polar surface area (TPSA) is 9.23 Å².